The van der Waals surface area contributed by atoms with E-state index in [1.54, 1.807) is 0 Å². The predicted molar refractivity (Wildman–Crippen MR) is 79.4 cm³/mol. The predicted octanol–water partition coefficient (Wildman–Crippen LogP) is 4.97. The number of halogens is 2. The van der Waals surface area contributed by atoms with Crippen molar-refractivity contribution in [2.45, 2.75) is 25.7 Å². The number of thiol groups is 1. The van der Waals surface area contributed by atoms with Gasteiger partial charge in [0.1, 0.15) is 5.75 Å². The average Bonchev–Trinajstić information content (AvgIpc) is 2.80. The first-order valence-corrected chi connectivity index (χ1v) is 7.64. The third kappa shape index (κ3) is 3.33. The molecule has 17 heavy (non-hydrogen) atoms. The van der Waals surface area contributed by atoms with E-state index in [0.717, 1.165) is 16.0 Å². The molecule has 0 amide bonds. The fourth-order valence-electron chi connectivity index (χ4n) is 2.29. The lowest BCUT2D eigenvalue weighted by Crippen LogP contribution is -2.27. The van der Waals surface area contributed by atoms with Crippen molar-refractivity contribution in [1.82, 2.24) is 0 Å². The molecule has 1 aliphatic carbocycles. The normalized spacial score (nSPS) is 18.3. The quantitative estimate of drug-likeness (QED) is 0.764. The molecular weight excluding hydrogens is 320 g/mol. The van der Waals surface area contributed by atoms with Crippen LogP contribution in [-0.2, 0) is 0 Å². The fraction of sp³-hybridized carbons (Fsp3) is 0.538. The Balaban J connectivity index is 2.03. The molecule has 1 aromatic carbocycles. The van der Waals surface area contributed by atoms with E-state index in [9.17, 15) is 0 Å². The highest BCUT2D eigenvalue weighted by Crippen LogP contribution is 2.40. The van der Waals surface area contributed by atoms with Gasteiger partial charge >= 0.3 is 0 Å². The standard InChI is InChI=1S/C13H16BrClOS/c14-10-3-4-11(15)12(7-10)16-8-13(9-17)5-1-2-6-13/h3-4,7,17H,1-2,5-6,8-9H2. The van der Waals surface area contributed by atoms with Crippen LogP contribution in [-0.4, -0.2) is 12.4 Å². The summed E-state index contributed by atoms with van der Waals surface area (Å²) < 4.78 is 6.87. The van der Waals surface area contributed by atoms with Crippen molar-refractivity contribution in [3.05, 3.63) is 27.7 Å². The molecule has 1 aromatic rings. The summed E-state index contributed by atoms with van der Waals surface area (Å²) in [5.41, 5.74) is 0.245. The Morgan fingerprint density at radius 2 is 2.06 bits per heavy atom. The molecule has 0 unspecified atom stereocenters. The average molecular weight is 336 g/mol. The first-order chi connectivity index (χ1) is 8.15. The molecular formula is C13H16BrClOS. The maximum Gasteiger partial charge on any atom is 0.139 e. The Morgan fingerprint density at radius 1 is 1.35 bits per heavy atom. The number of hydrogen-bond acceptors (Lipinski definition) is 2. The molecule has 1 fully saturated rings. The Kier molecular flexibility index (Phi) is 4.67. The Labute approximate surface area is 121 Å². The largest absolute Gasteiger partial charge is 0.491 e. The van der Waals surface area contributed by atoms with Crippen molar-refractivity contribution in [2.75, 3.05) is 12.4 Å². The van der Waals surface area contributed by atoms with E-state index in [1.165, 1.54) is 25.7 Å². The summed E-state index contributed by atoms with van der Waals surface area (Å²) in [6.45, 7) is 0.715. The van der Waals surface area contributed by atoms with Crippen molar-refractivity contribution >= 4 is 40.2 Å². The van der Waals surface area contributed by atoms with Crippen LogP contribution < -0.4 is 4.74 Å². The van der Waals surface area contributed by atoms with Gasteiger partial charge in [0, 0.05) is 9.89 Å². The van der Waals surface area contributed by atoms with E-state index in [0.29, 0.717) is 11.6 Å². The minimum absolute atomic E-state index is 0.245. The number of benzene rings is 1. The topological polar surface area (TPSA) is 9.23 Å². The van der Waals surface area contributed by atoms with Crippen LogP contribution in [0.3, 0.4) is 0 Å². The molecule has 0 radical (unpaired) electrons. The molecule has 4 heteroatoms. The first-order valence-electron chi connectivity index (χ1n) is 5.84. The van der Waals surface area contributed by atoms with Crippen LogP contribution in [0.5, 0.6) is 5.75 Å². The third-order valence-electron chi connectivity index (χ3n) is 3.43. The van der Waals surface area contributed by atoms with Gasteiger partial charge in [-0.1, -0.05) is 40.4 Å². The molecule has 0 saturated heterocycles. The second-order valence-electron chi connectivity index (χ2n) is 4.73. The van der Waals surface area contributed by atoms with Crippen LogP contribution in [0.2, 0.25) is 5.02 Å². The second kappa shape index (κ2) is 5.85. The van der Waals surface area contributed by atoms with Crippen LogP contribution in [0.1, 0.15) is 25.7 Å². The van der Waals surface area contributed by atoms with E-state index in [1.807, 2.05) is 18.2 Å². The molecule has 2 rings (SSSR count). The van der Waals surface area contributed by atoms with Gasteiger partial charge in [0.05, 0.1) is 11.6 Å². The van der Waals surface area contributed by atoms with Gasteiger partial charge in [0.2, 0.25) is 0 Å². The molecule has 0 heterocycles. The minimum atomic E-state index is 0.245. The summed E-state index contributed by atoms with van der Waals surface area (Å²) in [5.74, 6) is 1.65. The minimum Gasteiger partial charge on any atom is -0.491 e. The second-order valence-corrected chi connectivity index (χ2v) is 6.37. The van der Waals surface area contributed by atoms with Crippen LogP contribution >= 0.6 is 40.2 Å². The van der Waals surface area contributed by atoms with Crippen LogP contribution in [0.4, 0.5) is 0 Å². The third-order valence-corrected chi connectivity index (χ3v) is 4.90. The SMILES string of the molecule is SCC1(COc2cc(Br)ccc2Cl)CCCC1. The van der Waals surface area contributed by atoms with E-state index in [-0.39, 0.29) is 5.41 Å². The van der Waals surface area contributed by atoms with E-state index < -0.39 is 0 Å². The summed E-state index contributed by atoms with van der Waals surface area (Å²) in [6.07, 6.45) is 5.00. The summed E-state index contributed by atoms with van der Waals surface area (Å²) in [5, 5.41) is 0.667. The van der Waals surface area contributed by atoms with Crippen LogP contribution in [0, 0.1) is 5.41 Å². The number of rotatable bonds is 4. The highest BCUT2D eigenvalue weighted by Gasteiger charge is 2.33. The van der Waals surface area contributed by atoms with Crippen molar-refractivity contribution in [3.8, 4) is 5.75 Å². The monoisotopic (exact) mass is 334 g/mol. The maximum atomic E-state index is 6.11. The molecule has 0 N–H and O–H groups in total. The molecule has 1 aliphatic rings. The van der Waals surface area contributed by atoms with Crippen molar-refractivity contribution < 1.29 is 4.74 Å². The molecule has 94 valence electrons. The van der Waals surface area contributed by atoms with Gasteiger partial charge in [-0.2, -0.15) is 12.6 Å². The lowest BCUT2D eigenvalue weighted by Gasteiger charge is -2.27. The van der Waals surface area contributed by atoms with Gasteiger partial charge in [-0.3, -0.25) is 0 Å². The van der Waals surface area contributed by atoms with E-state index in [4.69, 9.17) is 16.3 Å². The van der Waals surface area contributed by atoms with Gasteiger partial charge in [-0.15, -0.1) is 0 Å². The van der Waals surface area contributed by atoms with Gasteiger partial charge in [0.25, 0.3) is 0 Å². The van der Waals surface area contributed by atoms with Gasteiger partial charge in [0.15, 0.2) is 0 Å². The van der Waals surface area contributed by atoms with Crippen LogP contribution in [0.15, 0.2) is 22.7 Å². The summed E-state index contributed by atoms with van der Waals surface area (Å²) in [7, 11) is 0. The molecule has 1 saturated carbocycles. The Morgan fingerprint density at radius 3 is 2.71 bits per heavy atom. The van der Waals surface area contributed by atoms with Crippen molar-refractivity contribution in [1.29, 1.82) is 0 Å². The lowest BCUT2D eigenvalue weighted by atomic mass is 9.90. The highest BCUT2D eigenvalue weighted by molar-refractivity contribution is 9.10. The van der Waals surface area contributed by atoms with Gasteiger partial charge < -0.3 is 4.74 Å². The fourth-order valence-corrected chi connectivity index (χ4v) is 3.21. The van der Waals surface area contributed by atoms with Crippen molar-refractivity contribution in [2.24, 2.45) is 5.41 Å². The molecule has 0 aromatic heterocycles. The zero-order chi connectivity index (χ0) is 12.3. The Hall–Kier alpha value is 0.140. The number of hydrogen-bond donors (Lipinski definition) is 1. The summed E-state index contributed by atoms with van der Waals surface area (Å²) in [4.78, 5) is 0. The van der Waals surface area contributed by atoms with E-state index >= 15 is 0 Å². The first kappa shape index (κ1) is 13.6. The molecule has 0 aliphatic heterocycles. The molecule has 0 spiro atoms. The van der Waals surface area contributed by atoms with Gasteiger partial charge in [-0.25, -0.2) is 0 Å². The maximum absolute atomic E-state index is 6.11. The number of ether oxygens (including phenoxy) is 1. The molecule has 0 bridgehead atoms. The summed E-state index contributed by atoms with van der Waals surface area (Å²) in [6, 6.07) is 5.69. The van der Waals surface area contributed by atoms with Crippen LogP contribution in [0.25, 0.3) is 0 Å². The zero-order valence-electron chi connectivity index (χ0n) is 9.59. The smallest absolute Gasteiger partial charge is 0.139 e. The zero-order valence-corrected chi connectivity index (χ0v) is 12.8. The Bertz CT molecular complexity index is 391. The van der Waals surface area contributed by atoms with Gasteiger partial charge in [-0.05, 0) is 36.8 Å². The van der Waals surface area contributed by atoms with E-state index in [2.05, 4.69) is 28.6 Å². The lowest BCUT2D eigenvalue weighted by molar-refractivity contribution is 0.173. The molecule has 1 nitrogen and oxygen atoms in total. The molecule has 0 atom stereocenters. The van der Waals surface area contributed by atoms with Crippen molar-refractivity contribution in [3.63, 3.8) is 0 Å². The summed E-state index contributed by atoms with van der Waals surface area (Å²) >= 11 is 14.0. The highest BCUT2D eigenvalue weighted by atomic mass is 79.9.